The summed E-state index contributed by atoms with van der Waals surface area (Å²) in [5, 5.41) is 14.3. The molecule has 0 atom stereocenters. The zero-order valence-corrected chi connectivity index (χ0v) is 10.6. The molecule has 0 radical (unpaired) electrons. The molecule has 1 N–H and O–H groups in total. The highest BCUT2D eigenvalue weighted by Crippen LogP contribution is 2.34. The van der Waals surface area contributed by atoms with Gasteiger partial charge in [0.25, 0.3) is 0 Å². The van der Waals surface area contributed by atoms with Crippen LogP contribution in [-0.4, -0.2) is 20.6 Å². The van der Waals surface area contributed by atoms with Gasteiger partial charge >= 0.3 is 0 Å². The van der Waals surface area contributed by atoms with Crippen LogP contribution in [0.25, 0.3) is 11.4 Å². The van der Waals surface area contributed by atoms with Gasteiger partial charge in [-0.1, -0.05) is 51.5 Å². The lowest BCUT2D eigenvalue weighted by atomic mass is 9.78. The summed E-state index contributed by atoms with van der Waals surface area (Å²) in [4.78, 5) is 0. The van der Waals surface area contributed by atoms with E-state index in [1.807, 2.05) is 6.07 Å². The van der Waals surface area contributed by atoms with Gasteiger partial charge in [-0.3, -0.25) is 0 Å². The molecule has 0 aliphatic carbocycles. The van der Waals surface area contributed by atoms with E-state index < -0.39 is 0 Å². The van der Waals surface area contributed by atoms with Crippen LogP contribution in [0.15, 0.2) is 24.3 Å². The average molecular weight is 230 g/mol. The predicted octanol–water partition coefficient (Wildman–Crippen LogP) is 2.94. The fourth-order valence-corrected chi connectivity index (χ4v) is 2.30. The van der Waals surface area contributed by atoms with Crippen molar-refractivity contribution in [2.24, 2.45) is 0 Å². The highest BCUT2D eigenvalue weighted by atomic mass is 15.5. The number of aromatic amines is 1. The van der Waals surface area contributed by atoms with Crippen molar-refractivity contribution >= 4 is 0 Å². The zero-order valence-electron chi connectivity index (χ0n) is 10.6. The Kier molecular flexibility index (Phi) is 3.22. The van der Waals surface area contributed by atoms with Crippen LogP contribution >= 0.6 is 0 Å². The zero-order chi connectivity index (χ0) is 12.3. The topological polar surface area (TPSA) is 54.5 Å². The van der Waals surface area contributed by atoms with Gasteiger partial charge in [-0.15, -0.1) is 10.2 Å². The first-order valence-electron chi connectivity index (χ1n) is 5.98. The van der Waals surface area contributed by atoms with Crippen LogP contribution in [0.1, 0.15) is 39.2 Å². The molecule has 0 aliphatic rings. The fraction of sp³-hybridized carbons (Fsp3) is 0.462. The maximum Gasteiger partial charge on any atom is 0.204 e. The van der Waals surface area contributed by atoms with Crippen molar-refractivity contribution < 1.29 is 0 Å². The molecule has 0 bridgehead atoms. The highest BCUT2D eigenvalue weighted by Gasteiger charge is 2.24. The lowest BCUT2D eigenvalue weighted by Crippen LogP contribution is -2.18. The van der Waals surface area contributed by atoms with E-state index >= 15 is 0 Å². The summed E-state index contributed by atoms with van der Waals surface area (Å²) in [5.41, 5.74) is 2.48. The predicted molar refractivity (Wildman–Crippen MR) is 67.5 cm³/mol. The second-order valence-corrected chi connectivity index (χ2v) is 4.91. The van der Waals surface area contributed by atoms with Gasteiger partial charge in [0.1, 0.15) is 0 Å². The summed E-state index contributed by atoms with van der Waals surface area (Å²) in [6.07, 6.45) is 2.30. The van der Waals surface area contributed by atoms with Gasteiger partial charge < -0.3 is 0 Å². The monoisotopic (exact) mass is 230 g/mol. The number of nitrogens with one attached hydrogen (secondary N) is 1. The molecule has 0 spiro atoms. The summed E-state index contributed by atoms with van der Waals surface area (Å²) >= 11 is 0. The number of hydrogen-bond acceptors (Lipinski definition) is 3. The van der Waals surface area contributed by atoms with E-state index in [1.54, 1.807) is 0 Å². The van der Waals surface area contributed by atoms with Gasteiger partial charge in [0.2, 0.25) is 5.82 Å². The van der Waals surface area contributed by atoms with Gasteiger partial charge in [-0.2, -0.15) is 5.21 Å². The summed E-state index contributed by atoms with van der Waals surface area (Å²) in [6, 6.07) is 8.28. The molecule has 1 aromatic heterocycles. The number of nitrogens with zero attached hydrogens (tertiary/aromatic N) is 3. The molecule has 0 aliphatic heterocycles. The van der Waals surface area contributed by atoms with Gasteiger partial charge in [-0.05, 0) is 22.6 Å². The molecule has 4 heteroatoms. The van der Waals surface area contributed by atoms with Gasteiger partial charge in [-0.25, -0.2) is 0 Å². The minimum absolute atomic E-state index is 0.131. The molecule has 17 heavy (non-hydrogen) atoms. The average Bonchev–Trinajstić information content (AvgIpc) is 2.82. The van der Waals surface area contributed by atoms with E-state index in [9.17, 15) is 0 Å². The molecular weight excluding hydrogens is 212 g/mol. The molecular formula is C13H18N4. The van der Waals surface area contributed by atoms with Crippen molar-refractivity contribution in [2.45, 2.75) is 39.0 Å². The van der Waals surface area contributed by atoms with Crippen molar-refractivity contribution in [1.29, 1.82) is 0 Å². The largest absolute Gasteiger partial charge is 0.204 e. The van der Waals surface area contributed by atoms with Crippen LogP contribution in [0.4, 0.5) is 0 Å². The minimum atomic E-state index is 0.131. The number of rotatable bonds is 4. The Hall–Kier alpha value is -1.71. The van der Waals surface area contributed by atoms with E-state index in [2.05, 4.69) is 59.6 Å². The molecule has 0 saturated heterocycles. The van der Waals surface area contributed by atoms with Gasteiger partial charge in [0.05, 0.1) is 0 Å². The highest BCUT2D eigenvalue weighted by molar-refractivity contribution is 5.61. The number of H-pyrrole nitrogens is 1. The van der Waals surface area contributed by atoms with Crippen molar-refractivity contribution in [3.8, 4) is 11.4 Å². The number of tetrazole rings is 1. The fourth-order valence-electron chi connectivity index (χ4n) is 2.30. The number of hydrogen-bond donors (Lipinski definition) is 1. The SMILES string of the molecule is CCCC(C)(C)c1ccccc1-c1nn[nH]n1. The van der Waals surface area contributed by atoms with E-state index in [0.29, 0.717) is 5.82 Å². The summed E-state index contributed by atoms with van der Waals surface area (Å²) in [7, 11) is 0. The molecule has 0 unspecified atom stereocenters. The molecule has 2 aromatic rings. The van der Waals surface area contributed by atoms with E-state index in [-0.39, 0.29) is 5.41 Å². The second-order valence-electron chi connectivity index (χ2n) is 4.91. The first kappa shape index (κ1) is 11.8. The van der Waals surface area contributed by atoms with E-state index in [4.69, 9.17) is 0 Å². The third kappa shape index (κ3) is 2.35. The molecule has 0 fully saturated rings. The summed E-state index contributed by atoms with van der Waals surface area (Å²) in [6.45, 7) is 6.73. The van der Waals surface area contributed by atoms with E-state index in [1.165, 1.54) is 5.56 Å². The summed E-state index contributed by atoms with van der Waals surface area (Å²) < 4.78 is 0. The standard InChI is InChI=1S/C13H18N4/c1-4-9-13(2,3)11-8-6-5-7-10(11)12-14-16-17-15-12/h5-8H,4,9H2,1-3H3,(H,14,15,16,17). The molecule has 4 nitrogen and oxygen atoms in total. The molecule has 90 valence electrons. The second kappa shape index (κ2) is 4.65. The molecule has 1 aromatic carbocycles. The van der Waals surface area contributed by atoms with Crippen molar-refractivity contribution in [1.82, 2.24) is 20.6 Å². The third-order valence-corrected chi connectivity index (χ3v) is 3.12. The van der Waals surface area contributed by atoms with Gasteiger partial charge in [0, 0.05) is 5.56 Å². The van der Waals surface area contributed by atoms with Crippen LogP contribution in [0, 0.1) is 0 Å². The van der Waals surface area contributed by atoms with Crippen molar-refractivity contribution in [3.05, 3.63) is 29.8 Å². The maximum absolute atomic E-state index is 4.07. The number of aromatic nitrogens is 4. The van der Waals surface area contributed by atoms with Crippen LogP contribution in [0.2, 0.25) is 0 Å². The quantitative estimate of drug-likeness (QED) is 0.878. The molecule has 1 heterocycles. The number of benzene rings is 1. The van der Waals surface area contributed by atoms with Crippen LogP contribution < -0.4 is 0 Å². The lowest BCUT2D eigenvalue weighted by molar-refractivity contribution is 0.474. The summed E-state index contributed by atoms with van der Waals surface area (Å²) in [5.74, 6) is 0.671. The van der Waals surface area contributed by atoms with Crippen molar-refractivity contribution in [3.63, 3.8) is 0 Å². The Morgan fingerprint density at radius 2 is 2.00 bits per heavy atom. The van der Waals surface area contributed by atoms with Gasteiger partial charge in [0.15, 0.2) is 0 Å². The van der Waals surface area contributed by atoms with Crippen molar-refractivity contribution in [2.75, 3.05) is 0 Å². The smallest absolute Gasteiger partial charge is 0.177 e. The Balaban J connectivity index is 2.48. The Bertz CT molecular complexity index is 474. The third-order valence-electron chi connectivity index (χ3n) is 3.12. The molecule has 0 saturated carbocycles. The van der Waals surface area contributed by atoms with Crippen LogP contribution in [0.3, 0.4) is 0 Å². The Labute approximate surface area is 101 Å². The minimum Gasteiger partial charge on any atom is -0.177 e. The normalized spacial score (nSPS) is 11.7. The van der Waals surface area contributed by atoms with Crippen LogP contribution in [0.5, 0.6) is 0 Å². The Morgan fingerprint density at radius 1 is 1.24 bits per heavy atom. The lowest BCUT2D eigenvalue weighted by Gasteiger charge is -2.26. The molecule has 2 rings (SSSR count). The molecule has 0 amide bonds. The first-order valence-corrected chi connectivity index (χ1v) is 5.98. The van der Waals surface area contributed by atoms with Crippen LogP contribution in [-0.2, 0) is 5.41 Å². The Morgan fingerprint density at radius 3 is 2.65 bits per heavy atom. The van der Waals surface area contributed by atoms with E-state index in [0.717, 1.165) is 18.4 Å². The first-order chi connectivity index (χ1) is 8.15. The maximum atomic E-state index is 4.07.